The van der Waals surface area contributed by atoms with E-state index in [4.69, 9.17) is 0 Å². The molecule has 2 rings (SSSR count). The Labute approximate surface area is 112 Å². The summed E-state index contributed by atoms with van der Waals surface area (Å²) in [6, 6.07) is 1.97. The summed E-state index contributed by atoms with van der Waals surface area (Å²) in [5, 5.41) is 1.00. The second-order valence-electron chi connectivity index (χ2n) is 3.90. The van der Waals surface area contributed by atoms with Crippen molar-refractivity contribution in [2.75, 3.05) is 21.1 Å². The Balaban J connectivity index is 0.00000162. The molecule has 5 nitrogen and oxygen atoms in total. The summed E-state index contributed by atoms with van der Waals surface area (Å²) in [6.07, 6.45) is 7.21. The highest BCUT2D eigenvalue weighted by atomic mass is 35.5. The molecule has 0 saturated heterocycles. The second kappa shape index (κ2) is 6.16. The van der Waals surface area contributed by atoms with E-state index in [0.717, 1.165) is 22.3 Å². The number of aromatic amines is 1. The Morgan fingerprint density at radius 1 is 1.39 bits per heavy atom. The van der Waals surface area contributed by atoms with Crippen LogP contribution in [0.5, 0.6) is 0 Å². The maximum atomic E-state index is 4.33. The van der Waals surface area contributed by atoms with Crippen molar-refractivity contribution in [2.24, 2.45) is 4.99 Å². The summed E-state index contributed by atoms with van der Waals surface area (Å²) in [5.41, 5.74) is 2.68. The van der Waals surface area contributed by atoms with Crippen LogP contribution in [-0.2, 0) is 0 Å². The fraction of sp³-hybridized carbons (Fsp3) is 0.250. The molecule has 0 amide bonds. The van der Waals surface area contributed by atoms with E-state index in [1.807, 2.05) is 37.5 Å². The highest BCUT2D eigenvalue weighted by Gasteiger charge is 2.08. The number of allylic oxidation sites excluding steroid dienone is 1. The van der Waals surface area contributed by atoms with E-state index in [9.17, 15) is 0 Å². The van der Waals surface area contributed by atoms with Crippen molar-refractivity contribution in [1.82, 2.24) is 19.9 Å². The third-order valence-electron chi connectivity index (χ3n) is 2.29. The van der Waals surface area contributed by atoms with Crippen LogP contribution in [0.15, 0.2) is 29.8 Å². The van der Waals surface area contributed by atoms with Gasteiger partial charge in [-0.25, -0.2) is 9.97 Å². The predicted molar refractivity (Wildman–Crippen MR) is 77.2 cm³/mol. The number of aliphatic imine (C=N–C) groups is 1. The van der Waals surface area contributed by atoms with Gasteiger partial charge in [-0.15, -0.1) is 12.4 Å². The summed E-state index contributed by atoms with van der Waals surface area (Å²) in [7, 11) is 5.69. The quantitative estimate of drug-likeness (QED) is 0.864. The molecule has 0 aliphatic rings. The molecular weight excluding hydrogens is 250 g/mol. The normalized spacial score (nSPS) is 11.8. The summed E-state index contributed by atoms with van der Waals surface area (Å²) >= 11 is 0. The van der Waals surface area contributed by atoms with E-state index in [1.165, 1.54) is 0 Å². The van der Waals surface area contributed by atoms with Crippen LogP contribution >= 0.6 is 12.4 Å². The minimum atomic E-state index is 0. The van der Waals surface area contributed by atoms with Crippen molar-refractivity contribution in [2.45, 2.75) is 0 Å². The van der Waals surface area contributed by atoms with Gasteiger partial charge in [-0.05, 0) is 6.07 Å². The zero-order chi connectivity index (χ0) is 12.3. The van der Waals surface area contributed by atoms with Crippen molar-refractivity contribution in [3.05, 3.63) is 30.5 Å². The lowest BCUT2D eigenvalue weighted by Crippen LogP contribution is -2.04. The van der Waals surface area contributed by atoms with Gasteiger partial charge in [-0.1, -0.05) is 0 Å². The maximum Gasteiger partial charge on any atom is 0.141 e. The summed E-state index contributed by atoms with van der Waals surface area (Å²) in [6.45, 7) is 0. The fourth-order valence-electron chi connectivity index (χ4n) is 1.68. The van der Waals surface area contributed by atoms with Crippen LogP contribution in [0.1, 0.15) is 5.69 Å². The molecule has 0 saturated carbocycles. The highest BCUT2D eigenvalue weighted by Crippen LogP contribution is 2.19. The first-order valence-electron chi connectivity index (χ1n) is 5.31. The van der Waals surface area contributed by atoms with Crippen LogP contribution in [0.2, 0.25) is 0 Å². The van der Waals surface area contributed by atoms with Crippen LogP contribution in [0.4, 0.5) is 0 Å². The lowest BCUT2D eigenvalue weighted by molar-refractivity contribution is 0.566. The first kappa shape index (κ1) is 14.2. The van der Waals surface area contributed by atoms with Crippen molar-refractivity contribution >= 4 is 35.2 Å². The van der Waals surface area contributed by atoms with Gasteiger partial charge in [-0.3, -0.25) is 4.99 Å². The Kier molecular flexibility index (Phi) is 4.85. The predicted octanol–water partition coefficient (Wildman–Crippen LogP) is 1.98. The summed E-state index contributed by atoms with van der Waals surface area (Å²) in [5.74, 6) is 0. The SMILES string of the molecule is CN=CC(=CN(C)C)c1ncnc2[nH]ccc12.Cl. The number of rotatable bonds is 3. The molecule has 0 atom stereocenters. The molecule has 0 spiro atoms. The smallest absolute Gasteiger partial charge is 0.141 e. The van der Waals surface area contributed by atoms with E-state index in [1.54, 1.807) is 19.6 Å². The molecule has 0 unspecified atom stereocenters. The van der Waals surface area contributed by atoms with Crippen LogP contribution < -0.4 is 0 Å². The Morgan fingerprint density at radius 3 is 2.83 bits per heavy atom. The van der Waals surface area contributed by atoms with Gasteiger partial charge in [0.2, 0.25) is 0 Å². The third kappa shape index (κ3) is 2.87. The van der Waals surface area contributed by atoms with E-state index < -0.39 is 0 Å². The fourth-order valence-corrected chi connectivity index (χ4v) is 1.68. The average Bonchev–Trinajstić information content (AvgIpc) is 2.75. The van der Waals surface area contributed by atoms with Crippen LogP contribution in [-0.4, -0.2) is 47.2 Å². The van der Waals surface area contributed by atoms with Gasteiger partial charge in [0.05, 0.1) is 5.69 Å². The number of fused-ring (bicyclic) bond motifs is 1. The molecule has 6 heteroatoms. The van der Waals surface area contributed by atoms with Gasteiger partial charge in [0, 0.05) is 50.7 Å². The maximum absolute atomic E-state index is 4.33. The molecule has 18 heavy (non-hydrogen) atoms. The molecule has 0 bridgehead atoms. The Bertz CT molecular complexity index is 571. The first-order chi connectivity index (χ1) is 8.22. The van der Waals surface area contributed by atoms with E-state index in [2.05, 4.69) is 19.9 Å². The van der Waals surface area contributed by atoms with Crippen molar-refractivity contribution in [3.8, 4) is 0 Å². The summed E-state index contributed by atoms with van der Waals surface area (Å²) in [4.78, 5) is 17.6. The van der Waals surface area contributed by atoms with Gasteiger partial charge in [0.15, 0.2) is 0 Å². The number of halogens is 1. The zero-order valence-corrected chi connectivity index (χ0v) is 11.4. The Morgan fingerprint density at radius 2 is 2.17 bits per heavy atom. The van der Waals surface area contributed by atoms with Crippen molar-refractivity contribution in [1.29, 1.82) is 0 Å². The van der Waals surface area contributed by atoms with Gasteiger partial charge < -0.3 is 9.88 Å². The monoisotopic (exact) mass is 265 g/mol. The molecule has 1 N–H and O–H groups in total. The number of hydrogen-bond donors (Lipinski definition) is 1. The highest BCUT2D eigenvalue weighted by molar-refractivity contribution is 6.13. The lowest BCUT2D eigenvalue weighted by atomic mass is 10.1. The molecular formula is C12H16ClN5. The van der Waals surface area contributed by atoms with Gasteiger partial charge >= 0.3 is 0 Å². The number of H-pyrrole nitrogens is 1. The standard InChI is InChI=1S/C12H15N5.ClH/c1-13-6-9(7-17(2)3)11-10-4-5-14-12(10)16-8-15-11;/h4-8H,1-3H3,(H,14,15,16);1H. The number of nitrogens with zero attached hydrogens (tertiary/aromatic N) is 4. The minimum Gasteiger partial charge on any atom is -0.383 e. The van der Waals surface area contributed by atoms with Crippen LogP contribution in [0.3, 0.4) is 0 Å². The zero-order valence-electron chi connectivity index (χ0n) is 10.6. The topological polar surface area (TPSA) is 57.2 Å². The van der Waals surface area contributed by atoms with Crippen molar-refractivity contribution < 1.29 is 0 Å². The third-order valence-corrected chi connectivity index (χ3v) is 2.29. The molecule has 2 heterocycles. The van der Waals surface area contributed by atoms with Gasteiger partial charge in [0.25, 0.3) is 0 Å². The lowest BCUT2D eigenvalue weighted by Gasteiger charge is -2.08. The summed E-state index contributed by atoms with van der Waals surface area (Å²) < 4.78 is 0. The Hall–Kier alpha value is -1.88. The van der Waals surface area contributed by atoms with Crippen LogP contribution in [0.25, 0.3) is 16.6 Å². The average molecular weight is 266 g/mol. The molecule has 0 aliphatic carbocycles. The molecule has 2 aromatic heterocycles. The van der Waals surface area contributed by atoms with E-state index >= 15 is 0 Å². The van der Waals surface area contributed by atoms with Gasteiger partial charge in [-0.2, -0.15) is 0 Å². The number of nitrogens with one attached hydrogen (secondary N) is 1. The van der Waals surface area contributed by atoms with E-state index in [0.29, 0.717) is 0 Å². The molecule has 2 aromatic rings. The second-order valence-corrected chi connectivity index (χ2v) is 3.90. The number of hydrogen-bond acceptors (Lipinski definition) is 4. The molecule has 0 radical (unpaired) electrons. The molecule has 96 valence electrons. The molecule has 0 fully saturated rings. The molecule has 0 aromatic carbocycles. The minimum absolute atomic E-state index is 0. The van der Waals surface area contributed by atoms with E-state index in [-0.39, 0.29) is 12.4 Å². The largest absolute Gasteiger partial charge is 0.383 e. The van der Waals surface area contributed by atoms with Gasteiger partial charge in [0.1, 0.15) is 12.0 Å². The molecule has 0 aliphatic heterocycles. The number of aromatic nitrogens is 3. The van der Waals surface area contributed by atoms with Crippen molar-refractivity contribution in [3.63, 3.8) is 0 Å². The first-order valence-corrected chi connectivity index (χ1v) is 5.31. The van der Waals surface area contributed by atoms with Crippen LogP contribution in [0, 0.1) is 0 Å².